The Morgan fingerprint density at radius 2 is 1.59 bits per heavy atom. The fourth-order valence-corrected chi connectivity index (χ4v) is 2.53. The standard InChI is InChI=1S/C19H21N3O5/c1-5-26-16-11-13(22-20)17(27-6-2)10-12(16)21-19(23)18-14(24-3)8-7-9-15(18)25-4/h7-11H,5-6H2,1-4H3/p+1. The number of diazo groups is 1. The molecule has 1 N–H and O–H groups in total. The van der Waals surface area contributed by atoms with Crippen LogP contribution in [0.5, 0.6) is 23.0 Å². The number of benzene rings is 2. The van der Waals surface area contributed by atoms with Gasteiger partial charge in [-0.2, -0.15) is 0 Å². The van der Waals surface area contributed by atoms with Gasteiger partial charge in [-0.1, -0.05) is 6.07 Å². The van der Waals surface area contributed by atoms with E-state index in [-0.39, 0.29) is 11.3 Å². The second-order valence-corrected chi connectivity index (χ2v) is 5.27. The van der Waals surface area contributed by atoms with Crippen molar-refractivity contribution < 1.29 is 23.7 Å². The van der Waals surface area contributed by atoms with Crippen LogP contribution < -0.4 is 24.3 Å². The Kier molecular flexibility index (Phi) is 6.83. The van der Waals surface area contributed by atoms with Gasteiger partial charge in [-0.25, -0.2) is 0 Å². The number of hydrogen-bond donors (Lipinski definition) is 1. The fourth-order valence-electron chi connectivity index (χ4n) is 2.53. The summed E-state index contributed by atoms with van der Waals surface area (Å²) in [5, 5.41) is 12.0. The highest BCUT2D eigenvalue weighted by Crippen LogP contribution is 2.39. The molecule has 0 radical (unpaired) electrons. The van der Waals surface area contributed by atoms with Crippen LogP contribution in [0.15, 0.2) is 30.3 Å². The quantitative estimate of drug-likeness (QED) is 0.697. The van der Waals surface area contributed by atoms with Gasteiger partial charge in [0.05, 0.1) is 39.2 Å². The molecule has 0 fully saturated rings. The highest BCUT2D eigenvalue weighted by Gasteiger charge is 2.24. The van der Waals surface area contributed by atoms with Gasteiger partial charge >= 0.3 is 5.69 Å². The first-order chi connectivity index (χ1) is 13.1. The van der Waals surface area contributed by atoms with Crippen LogP contribution in [0, 0.1) is 5.39 Å². The lowest BCUT2D eigenvalue weighted by molar-refractivity contribution is 0.102. The van der Waals surface area contributed by atoms with E-state index in [1.807, 2.05) is 0 Å². The van der Waals surface area contributed by atoms with Crippen LogP contribution in [0.1, 0.15) is 24.2 Å². The van der Waals surface area contributed by atoms with E-state index in [0.717, 1.165) is 0 Å². The summed E-state index contributed by atoms with van der Waals surface area (Å²) < 4.78 is 21.6. The van der Waals surface area contributed by atoms with Crippen molar-refractivity contribution in [2.75, 3.05) is 32.8 Å². The van der Waals surface area contributed by atoms with Gasteiger partial charge in [0.2, 0.25) is 11.1 Å². The van der Waals surface area contributed by atoms with Gasteiger partial charge in [-0.3, -0.25) is 4.79 Å². The third-order valence-corrected chi connectivity index (χ3v) is 3.67. The molecule has 0 aliphatic carbocycles. The first-order valence-corrected chi connectivity index (χ1v) is 8.40. The summed E-state index contributed by atoms with van der Waals surface area (Å²) in [6.07, 6.45) is 0. The Balaban J connectivity index is 2.48. The molecule has 0 aliphatic heterocycles. The minimum atomic E-state index is -0.443. The van der Waals surface area contributed by atoms with Crippen LogP contribution in [0.25, 0.3) is 4.98 Å². The molecule has 0 aliphatic rings. The normalized spacial score (nSPS) is 9.89. The number of rotatable bonds is 8. The molecule has 1 amide bonds. The van der Waals surface area contributed by atoms with Crippen LogP contribution in [0.2, 0.25) is 0 Å². The zero-order chi connectivity index (χ0) is 19.8. The number of carbonyl (C=O) groups is 1. The van der Waals surface area contributed by atoms with E-state index >= 15 is 0 Å². The summed E-state index contributed by atoms with van der Waals surface area (Å²) in [6, 6.07) is 8.10. The molecule has 27 heavy (non-hydrogen) atoms. The van der Waals surface area contributed by atoms with Gasteiger partial charge in [0.15, 0.2) is 10.7 Å². The third kappa shape index (κ3) is 4.39. The van der Waals surface area contributed by atoms with Crippen molar-refractivity contribution in [3.8, 4) is 23.0 Å². The number of hydrogen-bond acceptors (Lipinski definition) is 6. The Morgan fingerprint density at radius 3 is 2.11 bits per heavy atom. The monoisotopic (exact) mass is 372 g/mol. The van der Waals surface area contributed by atoms with Crippen LogP contribution >= 0.6 is 0 Å². The van der Waals surface area contributed by atoms with Gasteiger partial charge in [-0.05, 0) is 26.0 Å². The zero-order valence-electron chi connectivity index (χ0n) is 15.7. The lowest BCUT2D eigenvalue weighted by atomic mass is 10.1. The molecule has 0 atom stereocenters. The van der Waals surface area contributed by atoms with Gasteiger partial charge in [0.25, 0.3) is 5.91 Å². The topological polar surface area (TPSA) is 94.2 Å². The number of carbonyl (C=O) groups excluding carboxylic acids is 1. The smallest absolute Gasteiger partial charge is 0.430 e. The first kappa shape index (κ1) is 19.8. The molecule has 0 bridgehead atoms. The Bertz CT molecular complexity index is 839. The Labute approximate surface area is 157 Å². The van der Waals surface area contributed by atoms with Crippen molar-refractivity contribution in [1.29, 1.82) is 5.39 Å². The summed E-state index contributed by atoms with van der Waals surface area (Å²) in [5.41, 5.74) is 0.817. The molecule has 2 aromatic rings. The maximum absolute atomic E-state index is 12.9. The molecule has 0 unspecified atom stereocenters. The molecule has 0 aromatic heterocycles. The Morgan fingerprint density at radius 1 is 1.00 bits per heavy atom. The lowest BCUT2D eigenvalue weighted by Gasteiger charge is -2.15. The molecule has 8 heteroatoms. The SMILES string of the molecule is CCOc1cc(NC(=O)c2c(OC)cccc2OC)c(OCC)cc1[N+]#N. The second-order valence-electron chi connectivity index (χ2n) is 5.27. The fraction of sp³-hybridized carbons (Fsp3) is 0.316. The maximum atomic E-state index is 12.9. The molecule has 0 heterocycles. The number of methoxy groups -OCH3 is 2. The minimum absolute atomic E-state index is 0.202. The molecule has 8 nitrogen and oxygen atoms in total. The van der Waals surface area contributed by atoms with E-state index in [1.165, 1.54) is 20.3 Å². The second kappa shape index (κ2) is 9.29. The first-order valence-electron chi connectivity index (χ1n) is 8.40. The highest BCUT2D eigenvalue weighted by molar-refractivity contribution is 6.09. The van der Waals surface area contributed by atoms with Gasteiger partial charge in [0.1, 0.15) is 17.1 Å². The lowest BCUT2D eigenvalue weighted by Crippen LogP contribution is -2.15. The summed E-state index contributed by atoms with van der Waals surface area (Å²) >= 11 is 0. The molecule has 2 rings (SSSR count). The van der Waals surface area contributed by atoms with Gasteiger partial charge < -0.3 is 24.3 Å². The number of amides is 1. The molecular weight excluding hydrogens is 350 g/mol. The molecule has 0 saturated carbocycles. The molecule has 142 valence electrons. The average molecular weight is 372 g/mol. The molecule has 0 spiro atoms. The van der Waals surface area contributed by atoms with E-state index in [4.69, 9.17) is 18.9 Å². The van der Waals surface area contributed by atoms with E-state index in [1.54, 1.807) is 38.1 Å². The van der Waals surface area contributed by atoms with Crippen molar-refractivity contribution in [3.63, 3.8) is 0 Å². The van der Waals surface area contributed by atoms with E-state index < -0.39 is 5.91 Å². The Hall–Kier alpha value is -3.47. The van der Waals surface area contributed by atoms with Crippen LogP contribution in [0.4, 0.5) is 11.4 Å². The summed E-state index contributed by atoms with van der Waals surface area (Å²) in [5.74, 6) is 0.955. The van der Waals surface area contributed by atoms with Crippen molar-refractivity contribution in [2.24, 2.45) is 0 Å². The number of ether oxygens (including phenoxy) is 4. The van der Waals surface area contributed by atoms with Gasteiger partial charge in [0, 0.05) is 6.07 Å². The molecule has 2 aromatic carbocycles. The van der Waals surface area contributed by atoms with E-state index in [2.05, 4.69) is 10.3 Å². The predicted molar refractivity (Wildman–Crippen MR) is 101 cm³/mol. The van der Waals surface area contributed by atoms with Crippen molar-refractivity contribution >= 4 is 17.3 Å². The van der Waals surface area contributed by atoms with Crippen molar-refractivity contribution in [1.82, 2.24) is 0 Å². The molecular formula is C19H22N3O5+. The largest absolute Gasteiger partial charge is 0.496 e. The predicted octanol–water partition coefficient (Wildman–Crippen LogP) is 4.24. The summed E-state index contributed by atoms with van der Waals surface area (Å²) in [7, 11) is 2.95. The van der Waals surface area contributed by atoms with Crippen LogP contribution in [0.3, 0.4) is 0 Å². The summed E-state index contributed by atoms with van der Waals surface area (Å²) in [6.45, 7) is 4.33. The third-order valence-electron chi connectivity index (χ3n) is 3.67. The van der Waals surface area contributed by atoms with Crippen LogP contribution in [-0.2, 0) is 0 Å². The summed E-state index contributed by atoms with van der Waals surface area (Å²) in [4.78, 5) is 16.1. The minimum Gasteiger partial charge on any atom is -0.496 e. The maximum Gasteiger partial charge on any atom is 0.430 e. The number of nitrogens with one attached hydrogen (secondary N) is 1. The van der Waals surface area contributed by atoms with Crippen molar-refractivity contribution in [2.45, 2.75) is 13.8 Å². The van der Waals surface area contributed by atoms with E-state index in [0.29, 0.717) is 41.9 Å². The average Bonchev–Trinajstić information content (AvgIpc) is 2.69. The zero-order valence-corrected chi connectivity index (χ0v) is 15.7. The van der Waals surface area contributed by atoms with Crippen molar-refractivity contribution in [3.05, 3.63) is 40.9 Å². The van der Waals surface area contributed by atoms with Gasteiger partial charge in [-0.15, -0.1) is 0 Å². The highest BCUT2D eigenvalue weighted by atomic mass is 16.5. The van der Waals surface area contributed by atoms with E-state index in [9.17, 15) is 10.2 Å². The van der Waals surface area contributed by atoms with Crippen LogP contribution in [-0.4, -0.2) is 33.3 Å². The molecule has 0 saturated heterocycles. The number of anilines is 1. The number of nitrogens with zero attached hydrogens (tertiary/aromatic N) is 2.